The zero-order chi connectivity index (χ0) is 21.4. The number of aromatic nitrogens is 1. The standard InChI is InChI=1S/C23H21FN2O4/c1-13-21(16-7-3-5-9-18(16)25-13)22(28)14(2)30-23(29)15-11-20(27)26(12-15)19-10-6-4-8-17(19)24/h3-10,14-15,25H,11-12H2,1-2H3/t14-,15+/m0/s1. The Balaban J connectivity index is 1.47. The average Bonchev–Trinajstić information content (AvgIpc) is 3.27. The number of amides is 1. The van der Waals surface area contributed by atoms with E-state index in [1.165, 1.54) is 30.0 Å². The van der Waals surface area contributed by atoms with Crippen LogP contribution < -0.4 is 4.90 Å². The summed E-state index contributed by atoms with van der Waals surface area (Å²) >= 11 is 0. The lowest BCUT2D eigenvalue weighted by Gasteiger charge is -2.18. The number of esters is 1. The summed E-state index contributed by atoms with van der Waals surface area (Å²) < 4.78 is 19.4. The molecule has 2 heterocycles. The Kier molecular flexibility index (Phi) is 5.11. The van der Waals surface area contributed by atoms with E-state index in [4.69, 9.17) is 4.74 Å². The third-order valence-electron chi connectivity index (χ3n) is 5.40. The molecule has 1 aliphatic rings. The van der Waals surface area contributed by atoms with Crippen LogP contribution in [0.4, 0.5) is 10.1 Å². The van der Waals surface area contributed by atoms with Crippen LogP contribution in [0.15, 0.2) is 48.5 Å². The first kappa shape index (κ1) is 19.8. The molecule has 1 saturated heterocycles. The minimum atomic E-state index is -1.01. The van der Waals surface area contributed by atoms with Crippen molar-refractivity contribution in [1.29, 1.82) is 0 Å². The van der Waals surface area contributed by atoms with Gasteiger partial charge in [0.05, 0.1) is 11.6 Å². The second kappa shape index (κ2) is 7.74. The number of benzene rings is 2. The van der Waals surface area contributed by atoms with Crippen molar-refractivity contribution >= 4 is 34.3 Å². The van der Waals surface area contributed by atoms with Crippen LogP contribution in [-0.2, 0) is 14.3 Å². The van der Waals surface area contributed by atoms with E-state index in [1.54, 1.807) is 13.0 Å². The van der Waals surface area contributed by atoms with Crippen molar-refractivity contribution in [1.82, 2.24) is 4.98 Å². The molecule has 0 aliphatic carbocycles. The van der Waals surface area contributed by atoms with Crippen molar-refractivity contribution in [2.24, 2.45) is 5.92 Å². The summed E-state index contributed by atoms with van der Waals surface area (Å²) in [6, 6.07) is 13.3. The maximum Gasteiger partial charge on any atom is 0.312 e. The number of para-hydroxylation sites is 2. The van der Waals surface area contributed by atoms with E-state index in [-0.39, 0.29) is 30.3 Å². The van der Waals surface area contributed by atoms with Gasteiger partial charge in [-0.25, -0.2) is 4.39 Å². The third kappa shape index (κ3) is 3.47. The minimum absolute atomic E-state index is 0.0195. The van der Waals surface area contributed by atoms with E-state index in [9.17, 15) is 18.8 Å². The first-order valence-corrected chi connectivity index (χ1v) is 9.73. The number of hydrogen-bond donors (Lipinski definition) is 1. The number of halogens is 1. The number of carbonyl (C=O) groups excluding carboxylic acids is 3. The molecule has 0 radical (unpaired) electrons. The molecule has 0 unspecified atom stereocenters. The molecular weight excluding hydrogens is 387 g/mol. The Morgan fingerprint density at radius 3 is 2.63 bits per heavy atom. The van der Waals surface area contributed by atoms with Gasteiger partial charge in [-0.15, -0.1) is 0 Å². The van der Waals surface area contributed by atoms with Gasteiger partial charge in [-0.1, -0.05) is 30.3 Å². The fraction of sp³-hybridized carbons (Fsp3) is 0.261. The SMILES string of the molecule is Cc1[nH]c2ccccc2c1C(=O)[C@H](C)OC(=O)[C@@H]1CC(=O)N(c2ccccc2F)C1. The van der Waals surface area contributed by atoms with Gasteiger partial charge in [0.2, 0.25) is 11.7 Å². The van der Waals surface area contributed by atoms with E-state index in [0.717, 1.165) is 10.9 Å². The maximum atomic E-state index is 14.0. The highest BCUT2D eigenvalue weighted by Crippen LogP contribution is 2.29. The van der Waals surface area contributed by atoms with Crippen LogP contribution >= 0.6 is 0 Å². The highest BCUT2D eigenvalue weighted by molar-refractivity contribution is 6.11. The molecular formula is C23H21FN2O4. The zero-order valence-corrected chi connectivity index (χ0v) is 16.6. The normalized spacial score (nSPS) is 17.4. The number of anilines is 1. The largest absolute Gasteiger partial charge is 0.454 e. The average molecular weight is 408 g/mol. The highest BCUT2D eigenvalue weighted by atomic mass is 19.1. The van der Waals surface area contributed by atoms with Crippen molar-refractivity contribution in [2.75, 3.05) is 11.4 Å². The molecule has 1 amide bonds. The van der Waals surface area contributed by atoms with E-state index >= 15 is 0 Å². The van der Waals surface area contributed by atoms with Crippen LogP contribution in [0.2, 0.25) is 0 Å². The quantitative estimate of drug-likeness (QED) is 0.515. The number of ether oxygens (including phenoxy) is 1. The van der Waals surface area contributed by atoms with Gasteiger partial charge < -0.3 is 14.6 Å². The van der Waals surface area contributed by atoms with Gasteiger partial charge in [0.15, 0.2) is 6.10 Å². The van der Waals surface area contributed by atoms with Gasteiger partial charge in [-0.05, 0) is 32.0 Å². The number of H-pyrrole nitrogens is 1. The maximum absolute atomic E-state index is 14.0. The van der Waals surface area contributed by atoms with Gasteiger partial charge in [0, 0.05) is 35.1 Å². The summed E-state index contributed by atoms with van der Waals surface area (Å²) in [5.74, 6) is -2.59. The van der Waals surface area contributed by atoms with Crippen molar-refractivity contribution in [3.8, 4) is 0 Å². The fourth-order valence-electron chi connectivity index (χ4n) is 3.89. The molecule has 7 heteroatoms. The van der Waals surface area contributed by atoms with Crippen LogP contribution in [-0.4, -0.2) is 35.3 Å². The van der Waals surface area contributed by atoms with Gasteiger partial charge in [0.1, 0.15) is 5.82 Å². The summed E-state index contributed by atoms with van der Waals surface area (Å²) in [5.41, 5.74) is 2.15. The Labute approximate surface area is 172 Å². The second-order valence-electron chi connectivity index (χ2n) is 7.47. The molecule has 2 aromatic carbocycles. The molecule has 30 heavy (non-hydrogen) atoms. The van der Waals surface area contributed by atoms with Crippen LogP contribution in [0, 0.1) is 18.7 Å². The van der Waals surface area contributed by atoms with Crippen LogP contribution in [0.1, 0.15) is 29.4 Å². The Morgan fingerprint density at radius 2 is 1.87 bits per heavy atom. The topological polar surface area (TPSA) is 79.5 Å². The number of ketones is 1. The lowest BCUT2D eigenvalue weighted by atomic mass is 10.0. The first-order valence-electron chi connectivity index (χ1n) is 9.73. The molecule has 1 N–H and O–H groups in total. The van der Waals surface area contributed by atoms with Crippen molar-refractivity contribution in [3.63, 3.8) is 0 Å². The van der Waals surface area contributed by atoms with Crippen LogP contribution in [0.25, 0.3) is 10.9 Å². The third-order valence-corrected chi connectivity index (χ3v) is 5.40. The molecule has 6 nitrogen and oxygen atoms in total. The molecule has 1 fully saturated rings. The van der Waals surface area contributed by atoms with Gasteiger partial charge in [-0.3, -0.25) is 14.4 Å². The van der Waals surface area contributed by atoms with E-state index in [1.807, 2.05) is 24.3 Å². The van der Waals surface area contributed by atoms with E-state index in [0.29, 0.717) is 11.3 Å². The number of aromatic amines is 1. The van der Waals surface area contributed by atoms with Crippen molar-refractivity contribution < 1.29 is 23.5 Å². The summed E-state index contributed by atoms with van der Waals surface area (Å²) in [5, 5.41) is 0.768. The zero-order valence-electron chi connectivity index (χ0n) is 16.6. The number of nitrogens with one attached hydrogen (secondary N) is 1. The number of rotatable bonds is 5. The second-order valence-corrected chi connectivity index (χ2v) is 7.47. The van der Waals surface area contributed by atoms with Gasteiger partial charge in [-0.2, -0.15) is 0 Å². The summed E-state index contributed by atoms with van der Waals surface area (Å²) in [7, 11) is 0. The Hall–Kier alpha value is -3.48. The molecule has 0 saturated carbocycles. The first-order chi connectivity index (χ1) is 14.4. The molecule has 0 bridgehead atoms. The summed E-state index contributed by atoms with van der Waals surface area (Å²) in [6.45, 7) is 3.34. The van der Waals surface area contributed by atoms with Crippen LogP contribution in [0.5, 0.6) is 0 Å². The number of hydrogen-bond acceptors (Lipinski definition) is 4. The minimum Gasteiger partial charge on any atom is -0.454 e. The number of Topliss-reactive ketones (excluding diaryl/α,β-unsaturated/α-hetero) is 1. The highest BCUT2D eigenvalue weighted by Gasteiger charge is 2.38. The summed E-state index contributed by atoms with van der Waals surface area (Å²) in [4.78, 5) is 42.3. The Morgan fingerprint density at radius 1 is 1.17 bits per heavy atom. The van der Waals surface area contributed by atoms with E-state index < -0.39 is 23.8 Å². The van der Waals surface area contributed by atoms with Gasteiger partial charge >= 0.3 is 5.97 Å². The predicted octanol–water partition coefficient (Wildman–Crippen LogP) is 3.78. The summed E-state index contributed by atoms with van der Waals surface area (Å²) in [6.07, 6.45) is -1.09. The molecule has 4 rings (SSSR count). The number of fused-ring (bicyclic) bond motifs is 1. The monoisotopic (exact) mass is 408 g/mol. The molecule has 1 aliphatic heterocycles. The molecule has 154 valence electrons. The lowest BCUT2D eigenvalue weighted by Crippen LogP contribution is -2.30. The van der Waals surface area contributed by atoms with Gasteiger partial charge in [0.25, 0.3) is 0 Å². The molecule has 3 aromatic rings. The predicted molar refractivity (Wildman–Crippen MR) is 110 cm³/mol. The number of aryl methyl sites for hydroxylation is 1. The smallest absolute Gasteiger partial charge is 0.312 e. The van der Waals surface area contributed by atoms with E-state index in [2.05, 4.69) is 4.98 Å². The van der Waals surface area contributed by atoms with Crippen molar-refractivity contribution in [3.05, 3.63) is 65.6 Å². The Bertz CT molecular complexity index is 1150. The molecule has 0 spiro atoms. The molecule has 2 atom stereocenters. The van der Waals surface area contributed by atoms with Crippen molar-refractivity contribution in [2.45, 2.75) is 26.4 Å². The fourth-order valence-corrected chi connectivity index (χ4v) is 3.89. The molecule has 1 aromatic heterocycles. The van der Waals surface area contributed by atoms with Crippen LogP contribution in [0.3, 0.4) is 0 Å². The lowest BCUT2D eigenvalue weighted by molar-refractivity contribution is -0.151. The number of nitrogens with zero attached hydrogens (tertiary/aromatic N) is 1. The number of carbonyl (C=O) groups is 3.